The first kappa shape index (κ1) is 27.9. The molecule has 0 saturated carbocycles. The van der Waals surface area contributed by atoms with Crippen molar-refractivity contribution in [1.82, 2.24) is 14.9 Å². The number of fused-ring (bicyclic) bond motifs is 1. The molecule has 2 heterocycles. The number of para-hydroxylation sites is 1. The Balaban J connectivity index is 1.41. The fourth-order valence-electron chi connectivity index (χ4n) is 5.39. The Kier molecular flexibility index (Phi) is 7.84. The third kappa shape index (κ3) is 5.62. The predicted molar refractivity (Wildman–Crippen MR) is 172 cm³/mol. The second-order valence-electron chi connectivity index (χ2n) is 10.2. The van der Waals surface area contributed by atoms with Crippen molar-refractivity contribution < 1.29 is 9.72 Å². The van der Waals surface area contributed by atoms with Gasteiger partial charge in [-0.1, -0.05) is 78.9 Å². The minimum absolute atomic E-state index is 0.0142. The SMILES string of the molecule is N#C/C(=C\c1cc(-c2ccccc2)n(-c2ccc([N+](=O)[O-])cc2)c1-c1ccccc1)C(=O)NCCc1c[nH]c2ccccc12. The molecule has 0 fully saturated rings. The average molecular weight is 578 g/mol. The predicted octanol–water partition coefficient (Wildman–Crippen LogP) is 7.47. The van der Waals surface area contributed by atoms with Crippen LogP contribution in [0.15, 0.2) is 127 Å². The summed E-state index contributed by atoms with van der Waals surface area (Å²) >= 11 is 0. The van der Waals surface area contributed by atoms with E-state index < -0.39 is 10.8 Å². The largest absolute Gasteiger partial charge is 0.361 e. The van der Waals surface area contributed by atoms with Crippen molar-refractivity contribution in [3.63, 3.8) is 0 Å². The number of nitriles is 1. The van der Waals surface area contributed by atoms with E-state index in [9.17, 15) is 20.2 Å². The number of H-pyrrole nitrogens is 1. The number of rotatable bonds is 9. The lowest BCUT2D eigenvalue weighted by Crippen LogP contribution is -2.26. The lowest BCUT2D eigenvalue weighted by atomic mass is 10.0. The molecule has 0 aliphatic rings. The van der Waals surface area contributed by atoms with E-state index in [1.54, 1.807) is 18.2 Å². The van der Waals surface area contributed by atoms with Gasteiger partial charge in [-0.3, -0.25) is 14.9 Å². The van der Waals surface area contributed by atoms with Crippen LogP contribution in [0.4, 0.5) is 5.69 Å². The van der Waals surface area contributed by atoms with Gasteiger partial charge in [0, 0.05) is 47.0 Å². The van der Waals surface area contributed by atoms with Crippen molar-refractivity contribution in [3.05, 3.63) is 148 Å². The maximum atomic E-state index is 13.3. The van der Waals surface area contributed by atoms with Crippen molar-refractivity contribution in [2.24, 2.45) is 0 Å². The Morgan fingerprint density at radius 1 is 0.909 bits per heavy atom. The number of nitrogens with zero attached hydrogens (tertiary/aromatic N) is 3. The summed E-state index contributed by atoms with van der Waals surface area (Å²) in [5.74, 6) is -0.462. The molecule has 0 saturated heterocycles. The van der Waals surface area contributed by atoms with Crippen molar-refractivity contribution in [3.8, 4) is 34.3 Å². The number of hydrogen-bond acceptors (Lipinski definition) is 4. The van der Waals surface area contributed by atoms with Crippen LogP contribution in [-0.4, -0.2) is 26.9 Å². The zero-order valence-electron chi connectivity index (χ0n) is 23.6. The molecule has 0 aliphatic carbocycles. The van der Waals surface area contributed by atoms with Gasteiger partial charge in [0.25, 0.3) is 11.6 Å². The van der Waals surface area contributed by atoms with E-state index in [-0.39, 0.29) is 11.3 Å². The van der Waals surface area contributed by atoms with Crippen LogP contribution in [0, 0.1) is 21.4 Å². The van der Waals surface area contributed by atoms with Gasteiger partial charge in [0.05, 0.1) is 16.3 Å². The van der Waals surface area contributed by atoms with Crippen LogP contribution in [0.1, 0.15) is 11.1 Å². The highest BCUT2D eigenvalue weighted by Gasteiger charge is 2.21. The summed E-state index contributed by atoms with van der Waals surface area (Å²) in [4.78, 5) is 27.5. The third-order valence-electron chi connectivity index (χ3n) is 7.49. The van der Waals surface area contributed by atoms with Gasteiger partial charge in [0.2, 0.25) is 0 Å². The fraction of sp³-hybridized carbons (Fsp3) is 0.0556. The number of carbonyl (C=O) groups is 1. The van der Waals surface area contributed by atoms with Gasteiger partial charge < -0.3 is 14.9 Å². The Morgan fingerprint density at radius 2 is 1.57 bits per heavy atom. The number of nitro groups is 1. The van der Waals surface area contributed by atoms with E-state index in [1.165, 1.54) is 12.1 Å². The summed E-state index contributed by atoms with van der Waals surface area (Å²) in [6.07, 6.45) is 4.16. The molecule has 0 bridgehead atoms. The summed E-state index contributed by atoms with van der Waals surface area (Å²) < 4.78 is 2.00. The number of amides is 1. The zero-order chi connectivity index (χ0) is 30.5. The van der Waals surface area contributed by atoms with E-state index in [4.69, 9.17) is 0 Å². The van der Waals surface area contributed by atoms with Crippen LogP contribution in [0.25, 0.3) is 45.2 Å². The maximum absolute atomic E-state index is 13.3. The Hall–Kier alpha value is -6.20. The number of aromatic amines is 1. The normalized spacial score (nSPS) is 11.3. The molecule has 0 atom stereocenters. The monoisotopic (exact) mass is 577 g/mol. The van der Waals surface area contributed by atoms with Gasteiger partial charge in [-0.15, -0.1) is 0 Å². The Morgan fingerprint density at radius 3 is 2.25 bits per heavy atom. The van der Waals surface area contributed by atoms with Gasteiger partial charge >= 0.3 is 0 Å². The maximum Gasteiger partial charge on any atom is 0.269 e. The van der Waals surface area contributed by atoms with Gasteiger partial charge in [0.1, 0.15) is 11.6 Å². The van der Waals surface area contributed by atoms with Gasteiger partial charge in [0.15, 0.2) is 0 Å². The standard InChI is InChI=1S/C36H27N5O3/c37-23-29(36(42)38-20-19-27-24-39-33-14-8-7-13-32(27)33)21-28-22-34(25-9-3-1-4-10-25)40(35(28)26-11-5-2-6-12-26)30-15-17-31(18-16-30)41(43)44/h1-18,21-22,24,39H,19-20H2,(H,38,42)/b29-21+. The number of aromatic nitrogens is 2. The molecule has 0 aliphatic heterocycles. The molecule has 8 nitrogen and oxygen atoms in total. The van der Waals surface area contributed by atoms with Crippen molar-refractivity contribution in [1.29, 1.82) is 5.26 Å². The number of nitrogens with one attached hydrogen (secondary N) is 2. The van der Waals surface area contributed by atoms with Gasteiger partial charge in [-0.05, 0) is 53.5 Å². The Labute approximate surface area is 253 Å². The highest BCUT2D eigenvalue weighted by molar-refractivity contribution is 6.03. The first-order chi connectivity index (χ1) is 21.5. The number of nitro benzene ring substituents is 1. The number of carbonyl (C=O) groups excluding carboxylic acids is 1. The molecule has 2 aromatic heterocycles. The molecule has 0 radical (unpaired) electrons. The first-order valence-corrected chi connectivity index (χ1v) is 14.1. The Bertz CT molecular complexity index is 2030. The van der Waals surface area contributed by atoms with Gasteiger partial charge in [-0.2, -0.15) is 5.26 Å². The molecule has 214 valence electrons. The van der Waals surface area contributed by atoms with E-state index in [0.717, 1.165) is 39.0 Å². The molecule has 8 heteroatoms. The summed E-state index contributed by atoms with van der Waals surface area (Å²) in [5.41, 5.74) is 6.77. The van der Waals surface area contributed by atoms with Crippen LogP contribution in [0.3, 0.4) is 0 Å². The van der Waals surface area contributed by atoms with Crippen molar-refractivity contribution in [2.75, 3.05) is 6.54 Å². The molecular formula is C36H27N5O3. The number of benzene rings is 4. The van der Waals surface area contributed by atoms with Crippen LogP contribution in [-0.2, 0) is 11.2 Å². The quantitative estimate of drug-likeness (QED) is 0.0802. The van der Waals surface area contributed by atoms with E-state index in [2.05, 4.69) is 16.4 Å². The summed E-state index contributed by atoms with van der Waals surface area (Å²) in [5, 5.41) is 25.5. The zero-order valence-corrected chi connectivity index (χ0v) is 23.6. The van der Waals surface area contributed by atoms with Crippen molar-refractivity contribution in [2.45, 2.75) is 6.42 Å². The molecule has 4 aromatic carbocycles. The number of hydrogen-bond donors (Lipinski definition) is 2. The number of non-ortho nitro benzene ring substituents is 1. The molecule has 44 heavy (non-hydrogen) atoms. The highest BCUT2D eigenvalue weighted by Crippen LogP contribution is 2.37. The smallest absolute Gasteiger partial charge is 0.269 e. The molecule has 0 unspecified atom stereocenters. The molecule has 2 N–H and O–H groups in total. The van der Waals surface area contributed by atoms with E-state index in [0.29, 0.717) is 24.2 Å². The summed E-state index contributed by atoms with van der Waals surface area (Å²) in [7, 11) is 0. The summed E-state index contributed by atoms with van der Waals surface area (Å²) in [6, 6.07) is 37.8. The topological polar surface area (TPSA) is 117 Å². The third-order valence-corrected chi connectivity index (χ3v) is 7.49. The van der Waals surface area contributed by atoms with Crippen LogP contribution in [0.2, 0.25) is 0 Å². The lowest BCUT2D eigenvalue weighted by Gasteiger charge is -2.15. The lowest BCUT2D eigenvalue weighted by molar-refractivity contribution is -0.384. The van der Waals surface area contributed by atoms with Crippen LogP contribution < -0.4 is 5.32 Å². The summed E-state index contributed by atoms with van der Waals surface area (Å²) in [6.45, 7) is 0.365. The van der Waals surface area contributed by atoms with Crippen molar-refractivity contribution >= 4 is 28.6 Å². The van der Waals surface area contributed by atoms with E-state index >= 15 is 0 Å². The van der Waals surface area contributed by atoms with Crippen LogP contribution in [0.5, 0.6) is 0 Å². The highest BCUT2D eigenvalue weighted by atomic mass is 16.6. The fourth-order valence-corrected chi connectivity index (χ4v) is 5.39. The minimum Gasteiger partial charge on any atom is -0.361 e. The second-order valence-corrected chi connectivity index (χ2v) is 10.2. The van der Waals surface area contributed by atoms with E-state index in [1.807, 2.05) is 102 Å². The molecule has 0 spiro atoms. The first-order valence-electron chi connectivity index (χ1n) is 14.1. The second kappa shape index (κ2) is 12.3. The average Bonchev–Trinajstić information content (AvgIpc) is 3.66. The molecule has 6 aromatic rings. The minimum atomic E-state index is -0.462. The molecule has 6 rings (SSSR count). The molecule has 1 amide bonds. The van der Waals surface area contributed by atoms with Crippen LogP contribution >= 0.6 is 0 Å². The molecular weight excluding hydrogens is 550 g/mol. The van der Waals surface area contributed by atoms with Gasteiger partial charge in [-0.25, -0.2) is 0 Å².